The summed E-state index contributed by atoms with van der Waals surface area (Å²) < 4.78 is 12.5. The maximum Gasteiger partial charge on any atom is 0.310 e. The number of hydrogen-bond acceptors (Lipinski definition) is 5. The molecule has 1 N–H and O–H groups in total. The van der Waals surface area contributed by atoms with Gasteiger partial charge in [0.05, 0.1) is 26.3 Å². The van der Waals surface area contributed by atoms with E-state index >= 15 is 0 Å². The summed E-state index contributed by atoms with van der Waals surface area (Å²) in [5.74, 6) is 0.544. The number of nitrogens with one attached hydrogen (secondary N) is 1. The van der Waals surface area contributed by atoms with Crippen molar-refractivity contribution >= 4 is 5.97 Å². The van der Waals surface area contributed by atoms with Gasteiger partial charge in [-0.1, -0.05) is 25.1 Å². The van der Waals surface area contributed by atoms with Crippen LogP contribution in [-0.4, -0.2) is 36.0 Å². The van der Waals surface area contributed by atoms with Gasteiger partial charge in [-0.2, -0.15) is 5.10 Å². The zero-order valence-electron chi connectivity index (χ0n) is 18.1. The Morgan fingerprint density at radius 1 is 1.10 bits per heavy atom. The predicted octanol–water partition coefficient (Wildman–Crippen LogP) is 3.98. The van der Waals surface area contributed by atoms with E-state index in [1.54, 1.807) is 11.8 Å². The van der Waals surface area contributed by atoms with Gasteiger partial charge < -0.3 is 14.8 Å². The topological polar surface area (TPSA) is 65.4 Å². The lowest BCUT2D eigenvalue weighted by Gasteiger charge is -2.16. The highest BCUT2D eigenvalue weighted by atomic mass is 16.5. The first-order valence-corrected chi connectivity index (χ1v) is 10.2. The van der Waals surface area contributed by atoms with Gasteiger partial charge in [-0.05, 0) is 53.9 Å². The van der Waals surface area contributed by atoms with Crippen molar-refractivity contribution in [3.05, 3.63) is 59.9 Å². The molecule has 0 radical (unpaired) electrons. The molecule has 0 bridgehead atoms. The van der Waals surface area contributed by atoms with Gasteiger partial charge in [-0.25, -0.2) is 0 Å². The summed E-state index contributed by atoms with van der Waals surface area (Å²) in [5.41, 5.74) is 6.28. The molecule has 0 atom stereocenters. The highest BCUT2D eigenvalue weighted by Gasteiger charge is 2.15. The number of hydrogen-bond donors (Lipinski definition) is 1. The van der Waals surface area contributed by atoms with E-state index in [-0.39, 0.29) is 12.4 Å². The lowest BCUT2D eigenvalue weighted by atomic mass is 9.93. The normalized spacial score (nSPS) is 10.8. The van der Waals surface area contributed by atoms with E-state index in [0.29, 0.717) is 6.61 Å². The summed E-state index contributed by atoms with van der Waals surface area (Å²) in [4.78, 5) is 12.0. The Bertz CT molecular complexity index is 1010. The minimum absolute atomic E-state index is 0.228. The molecule has 0 saturated heterocycles. The van der Waals surface area contributed by atoms with Crippen molar-refractivity contribution in [1.82, 2.24) is 15.1 Å². The van der Waals surface area contributed by atoms with Crippen LogP contribution in [0.2, 0.25) is 0 Å². The molecule has 30 heavy (non-hydrogen) atoms. The molecule has 6 nitrogen and oxygen atoms in total. The Kier molecular flexibility index (Phi) is 7.25. The fourth-order valence-corrected chi connectivity index (χ4v) is 3.47. The highest BCUT2D eigenvalue weighted by Crippen LogP contribution is 2.35. The first-order chi connectivity index (χ1) is 14.5. The van der Waals surface area contributed by atoms with Gasteiger partial charge in [-0.15, -0.1) is 0 Å². The zero-order chi connectivity index (χ0) is 21.5. The molecule has 0 unspecified atom stereocenters. The number of aromatic nitrogens is 2. The van der Waals surface area contributed by atoms with Gasteiger partial charge in [0.15, 0.2) is 0 Å². The molecule has 158 valence electrons. The van der Waals surface area contributed by atoms with Gasteiger partial charge >= 0.3 is 5.97 Å². The molecule has 0 spiro atoms. The van der Waals surface area contributed by atoms with Crippen molar-refractivity contribution in [1.29, 1.82) is 0 Å². The van der Waals surface area contributed by atoms with Gasteiger partial charge in [-0.3, -0.25) is 9.48 Å². The fourth-order valence-electron chi connectivity index (χ4n) is 3.47. The SMILES string of the molecule is CCNCc1cc(-c2cnn(C)c2)ccc1-c1cc(CC(=O)OCC)ccc1OC. The minimum atomic E-state index is -0.228. The number of esters is 1. The smallest absolute Gasteiger partial charge is 0.310 e. The number of carbonyl (C=O) groups excluding carboxylic acids is 1. The second-order valence-corrected chi connectivity index (χ2v) is 7.07. The predicted molar refractivity (Wildman–Crippen MR) is 118 cm³/mol. The van der Waals surface area contributed by atoms with Crippen LogP contribution in [0, 0.1) is 0 Å². The van der Waals surface area contributed by atoms with Crippen molar-refractivity contribution in [3.8, 4) is 28.0 Å². The second kappa shape index (κ2) is 10.1. The summed E-state index contributed by atoms with van der Waals surface area (Å²) in [7, 11) is 3.58. The third-order valence-corrected chi connectivity index (χ3v) is 4.92. The van der Waals surface area contributed by atoms with Crippen molar-refractivity contribution in [2.45, 2.75) is 26.8 Å². The molecule has 0 aliphatic heterocycles. The van der Waals surface area contributed by atoms with Crippen molar-refractivity contribution in [3.63, 3.8) is 0 Å². The van der Waals surface area contributed by atoms with Crippen LogP contribution in [-0.2, 0) is 29.5 Å². The number of carbonyl (C=O) groups is 1. The van der Waals surface area contributed by atoms with E-state index in [2.05, 4.69) is 35.5 Å². The molecule has 0 amide bonds. The van der Waals surface area contributed by atoms with Crippen LogP contribution in [0.4, 0.5) is 0 Å². The summed E-state index contributed by atoms with van der Waals surface area (Å²) in [6.07, 6.45) is 4.11. The van der Waals surface area contributed by atoms with Crippen molar-refractivity contribution < 1.29 is 14.3 Å². The third-order valence-electron chi connectivity index (χ3n) is 4.92. The van der Waals surface area contributed by atoms with Crippen LogP contribution in [0.5, 0.6) is 5.75 Å². The van der Waals surface area contributed by atoms with Crippen LogP contribution >= 0.6 is 0 Å². The quantitative estimate of drug-likeness (QED) is 0.544. The van der Waals surface area contributed by atoms with E-state index in [9.17, 15) is 4.79 Å². The summed E-state index contributed by atoms with van der Waals surface area (Å²) in [6.45, 7) is 5.88. The standard InChI is InChI=1S/C24H29N3O3/c1-5-25-14-19-13-18(20-15-26-27(3)16-20)8-9-21(19)22-11-17(7-10-23(22)29-4)12-24(28)30-6-2/h7-11,13,15-16,25H,5-6,12,14H2,1-4H3. The maximum atomic E-state index is 12.0. The third kappa shape index (κ3) is 5.07. The first-order valence-electron chi connectivity index (χ1n) is 10.2. The van der Waals surface area contributed by atoms with Crippen LogP contribution < -0.4 is 10.1 Å². The Hall–Kier alpha value is -3.12. The lowest BCUT2D eigenvalue weighted by Crippen LogP contribution is -2.13. The molecule has 3 aromatic rings. The number of rotatable bonds is 9. The van der Waals surface area contributed by atoms with E-state index in [1.807, 2.05) is 44.6 Å². The number of ether oxygens (including phenoxy) is 2. The molecule has 0 fully saturated rings. The largest absolute Gasteiger partial charge is 0.496 e. The number of nitrogens with zero attached hydrogens (tertiary/aromatic N) is 2. The molecule has 1 heterocycles. The average molecular weight is 408 g/mol. The summed E-state index contributed by atoms with van der Waals surface area (Å²) in [5, 5.41) is 7.71. The Morgan fingerprint density at radius 2 is 1.93 bits per heavy atom. The lowest BCUT2D eigenvalue weighted by molar-refractivity contribution is -0.142. The molecular weight excluding hydrogens is 378 g/mol. The number of aryl methyl sites for hydroxylation is 1. The molecule has 0 aliphatic carbocycles. The van der Waals surface area contributed by atoms with E-state index in [1.165, 1.54) is 0 Å². The highest BCUT2D eigenvalue weighted by molar-refractivity contribution is 5.79. The van der Waals surface area contributed by atoms with E-state index in [4.69, 9.17) is 9.47 Å². The Balaban J connectivity index is 2.04. The summed E-state index contributed by atoms with van der Waals surface area (Å²) >= 11 is 0. The number of benzene rings is 2. The summed E-state index contributed by atoms with van der Waals surface area (Å²) in [6, 6.07) is 12.2. The van der Waals surface area contributed by atoms with Gasteiger partial charge in [0.1, 0.15) is 5.75 Å². The monoisotopic (exact) mass is 407 g/mol. The molecule has 0 aliphatic rings. The maximum absolute atomic E-state index is 12.0. The van der Waals surface area contributed by atoms with Crippen LogP contribution in [0.3, 0.4) is 0 Å². The average Bonchev–Trinajstić information content (AvgIpc) is 3.18. The van der Waals surface area contributed by atoms with Crippen LogP contribution in [0.15, 0.2) is 48.8 Å². The van der Waals surface area contributed by atoms with Gasteiger partial charge in [0, 0.05) is 30.9 Å². The van der Waals surface area contributed by atoms with Crippen LogP contribution in [0.25, 0.3) is 22.3 Å². The Morgan fingerprint density at radius 3 is 2.60 bits per heavy atom. The fraction of sp³-hybridized carbons (Fsp3) is 0.333. The molecule has 0 saturated carbocycles. The van der Waals surface area contributed by atoms with E-state index in [0.717, 1.165) is 52.2 Å². The molecule has 6 heteroatoms. The van der Waals surface area contributed by atoms with Crippen molar-refractivity contribution in [2.24, 2.45) is 7.05 Å². The minimum Gasteiger partial charge on any atom is -0.496 e. The molecule has 3 rings (SSSR count). The first kappa shape index (κ1) is 21.6. The second-order valence-electron chi connectivity index (χ2n) is 7.07. The van der Waals surface area contributed by atoms with Gasteiger partial charge in [0.2, 0.25) is 0 Å². The van der Waals surface area contributed by atoms with E-state index < -0.39 is 0 Å². The Labute approximate surface area is 177 Å². The van der Waals surface area contributed by atoms with Crippen LogP contribution in [0.1, 0.15) is 25.0 Å². The molecule has 2 aromatic carbocycles. The zero-order valence-corrected chi connectivity index (χ0v) is 18.1. The molecule has 1 aromatic heterocycles. The van der Waals surface area contributed by atoms with Gasteiger partial charge in [0.25, 0.3) is 0 Å². The molecular formula is C24H29N3O3. The number of methoxy groups -OCH3 is 1. The van der Waals surface area contributed by atoms with Crippen molar-refractivity contribution in [2.75, 3.05) is 20.3 Å².